The van der Waals surface area contributed by atoms with Crippen LogP contribution in [0, 0.1) is 0 Å². The molecular weight excluding hydrogens is 542 g/mol. The molecule has 0 aromatic carbocycles. The number of carbonyl (C=O) groups is 1. The maximum absolute atomic E-state index is 11.4. The summed E-state index contributed by atoms with van der Waals surface area (Å²) in [4.78, 5) is 11.4. The van der Waals surface area contributed by atoms with Gasteiger partial charge >= 0.3 is 0 Å². The Balaban J connectivity index is 3.22. The summed E-state index contributed by atoms with van der Waals surface area (Å²) < 4.78 is 0. The minimum absolute atomic E-state index is 0.150. The molecule has 262 valence electrons. The van der Waals surface area contributed by atoms with E-state index in [1.54, 1.807) is 13.0 Å². The summed E-state index contributed by atoms with van der Waals surface area (Å²) in [5, 5.41) is 22.1. The lowest BCUT2D eigenvalue weighted by Crippen LogP contribution is -2.44. The van der Waals surface area contributed by atoms with Crippen LogP contribution < -0.4 is 5.32 Å². The molecule has 0 saturated heterocycles. The van der Waals surface area contributed by atoms with E-state index in [9.17, 15) is 15.0 Å². The second kappa shape index (κ2) is 36.6. The minimum Gasteiger partial charge on any atom is -0.394 e. The predicted octanol–water partition coefficient (Wildman–Crippen LogP) is 11.9. The van der Waals surface area contributed by atoms with Gasteiger partial charge in [-0.15, -0.1) is 0 Å². The second-order valence-electron chi connectivity index (χ2n) is 13.7. The Morgan fingerprint density at radius 1 is 0.523 bits per heavy atom. The largest absolute Gasteiger partial charge is 0.394 e. The highest BCUT2D eigenvalue weighted by atomic mass is 16.3. The Morgan fingerprint density at radius 2 is 0.818 bits per heavy atom. The fourth-order valence-corrected chi connectivity index (χ4v) is 6.20. The van der Waals surface area contributed by atoms with Crippen molar-refractivity contribution in [3.63, 3.8) is 0 Å². The third-order valence-corrected chi connectivity index (χ3v) is 9.33. The standard InChI is InChI=1S/C40H79NO3/c1-3-5-6-7-8-9-10-11-12-13-14-15-16-17-18-19-20-21-22-23-24-25-26-27-28-29-30-31-32-33-34-35-36-39(43)38(37-42)41-40(44)4-2/h35-36,38-39,42-43H,3-34,37H2,1-2H3,(H,41,44)/b36-35+. The van der Waals surface area contributed by atoms with E-state index in [1.807, 2.05) is 6.08 Å². The van der Waals surface area contributed by atoms with Gasteiger partial charge in [-0.25, -0.2) is 0 Å². The van der Waals surface area contributed by atoms with E-state index in [4.69, 9.17) is 0 Å². The smallest absolute Gasteiger partial charge is 0.220 e. The summed E-state index contributed by atoms with van der Waals surface area (Å²) in [5.41, 5.74) is 0. The minimum atomic E-state index is -0.830. The molecule has 0 saturated carbocycles. The van der Waals surface area contributed by atoms with Crippen LogP contribution in [0.3, 0.4) is 0 Å². The van der Waals surface area contributed by atoms with Gasteiger partial charge in [0.1, 0.15) is 0 Å². The van der Waals surface area contributed by atoms with Crippen LogP contribution in [0.2, 0.25) is 0 Å². The fourth-order valence-electron chi connectivity index (χ4n) is 6.20. The molecule has 2 atom stereocenters. The molecule has 44 heavy (non-hydrogen) atoms. The van der Waals surface area contributed by atoms with Crippen molar-refractivity contribution in [1.29, 1.82) is 0 Å². The zero-order valence-electron chi connectivity index (χ0n) is 29.9. The molecule has 0 rings (SSSR count). The lowest BCUT2D eigenvalue weighted by molar-refractivity contribution is -0.122. The first-order valence-corrected chi connectivity index (χ1v) is 19.9. The fraction of sp³-hybridized carbons (Fsp3) is 0.925. The van der Waals surface area contributed by atoms with Crippen LogP contribution in [0.25, 0.3) is 0 Å². The van der Waals surface area contributed by atoms with Gasteiger partial charge in [-0.3, -0.25) is 4.79 Å². The van der Waals surface area contributed by atoms with Crippen molar-refractivity contribution in [3.05, 3.63) is 12.2 Å². The van der Waals surface area contributed by atoms with E-state index in [0.29, 0.717) is 6.42 Å². The van der Waals surface area contributed by atoms with Gasteiger partial charge in [0.15, 0.2) is 0 Å². The van der Waals surface area contributed by atoms with Crippen LogP contribution in [0.15, 0.2) is 12.2 Å². The van der Waals surface area contributed by atoms with Crippen LogP contribution in [0.5, 0.6) is 0 Å². The maximum atomic E-state index is 11.4. The molecule has 0 radical (unpaired) electrons. The third kappa shape index (κ3) is 32.5. The molecule has 2 unspecified atom stereocenters. The number of rotatable bonds is 36. The number of amides is 1. The van der Waals surface area contributed by atoms with Crippen molar-refractivity contribution in [2.24, 2.45) is 0 Å². The Morgan fingerprint density at radius 3 is 1.09 bits per heavy atom. The van der Waals surface area contributed by atoms with Crippen molar-refractivity contribution < 1.29 is 15.0 Å². The lowest BCUT2D eigenvalue weighted by Gasteiger charge is -2.19. The van der Waals surface area contributed by atoms with E-state index in [1.165, 1.54) is 186 Å². The van der Waals surface area contributed by atoms with Crippen molar-refractivity contribution in [2.45, 2.75) is 231 Å². The number of hydrogen-bond acceptors (Lipinski definition) is 3. The average Bonchev–Trinajstić information content (AvgIpc) is 3.03. The van der Waals surface area contributed by atoms with Crippen LogP contribution in [-0.4, -0.2) is 34.9 Å². The molecule has 0 aliphatic carbocycles. The van der Waals surface area contributed by atoms with Crippen molar-refractivity contribution in [1.82, 2.24) is 5.32 Å². The number of nitrogens with one attached hydrogen (secondary N) is 1. The van der Waals surface area contributed by atoms with E-state index in [-0.39, 0.29) is 12.5 Å². The molecule has 0 aromatic heterocycles. The van der Waals surface area contributed by atoms with Gasteiger partial charge in [-0.05, 0) is 12.8 Å². The van der Waals surface area contributed by atoms with Crippen LogP contribution in [-0.2, 0) is 4.79 Å². The average molecular weight is 622 g/mol. The number of unbranched alkanes of at least 4 members (excludes halogenated alkanes) is 30. The summed E-state index contributed by atoms with van der Waals surface area (Å²) >= 11 is 0. The molecule has 4 nitrogen and oxygen atoms in total. The zero-order valence-corrected chi connectivity index (χ0v) is 29.9. The Bertz CT molecular complexity index is 593. The molecule has 4 heteroatoms. The number of carbonyl (C=O) groups excluding carboxylic acids is 1. The molecule has 0 fully saturated rings. The quantitative estimate of drug-likeness (QED) is 0.0481. The summed E-state index contributed by atoms with van der Waals surface area (Å²) in [5.74, 6) is -0.150. The van der Waals surface area contributed by atoms with Gasteiger partial charge in [0.2, 0.25) is 5.91 Å². The first-order chi connectivity index (χ1) is 21.7. The first-order valence-electron chi connectivity index (χ1n) is 19.9. The third-order valence-electron chi connectivity index (χ3n) is 9.33. The van der Waals surface area contributed by atoms with Crippen LogP contribution in [0.4, 0.5) is 0 Å². The van der Waals surface area contributed by atoms with Gasteiger partial charge in [0, 0.05) is 6.42 Å². The van der Waals surface area contributed by atoms with Crippen molar-refractivity contribution in [3.8, 4) is 0 Å². The van der Waals surface area contributed by atoms with Crippen LogP contribution >= 0.6 is 0 Å². The van der Waals surface area contributed by atoms with E-state index < -0.39 is 12.1 Å². The van der Waals surface area contributed by atoms with E-state index in [2.05, 4.69) is 12.2 Å². The normalized spacial score (nSPS) is 13.1. The topological polar surface area (TPSA) is 69.6 Å². The molecule has 0 aliphatic heterocycles. The molecule has 0 aliphatic rings. The second-order valence-corrected chi connectivity index (χ2v) is 13.7. The van der Waals surface area contributed by atoms with E-state index in [0.717, 1.165) is 12.8 Å². The van der Waals surface area contributed by atoms with Crippen molar-refractivity contribution >= 4 is 5.91 Å². The number of aliphatic hydroxyl groups excluding tert-OH is 2. The molecule has 0 heterocycles. The number of aliphatic hydroxyl groups is 2. The summed E-state index contributed by atoms with van der Waals surface area (Å²) in [6.45, 7) is 3.81. The maximum Gasteiger partial charge on any atom is 0.220 e. The first kappa shape index (κ1) is 43.1. The molecule has 1 amide bonds. The van der Waals surface area contributed by atoms with Gasteiger partial charge in [0.05, 0.1) is 18.8 Å². The zero-order chi connectivity index (χ0) is 32.2. The van der Waals surface area contributed by atoms with E-state index >= 15 is 0 Å². The summed E-state index contributed by atoms with van der Waals surface area (Å²) in [6.07, 6.45) is 46.7. The van der Waals surface area contributed by atoms with Gasteiger partial charge in [0.25, 0.3) is 0 Å². The van der Waals surface area contributed by atoms with Gasteiger partial charge < -0.3 is 15.5 Å². The highest BCUT2D eigenvalue weighted by Gasteiger charge is 2.17. The predicted molar refractivity (Wildman–Crippen MR) is 193 cm³/mol. The lowest BCUT2D eigenvalue weighted by atomic mass is 10.0. The highest BCUT2D eigenvalue weighted by molar-refractivity contribution is 5.75. The summed E-state index contributed by atoms with van der Waals surface area (Å²) in [7, 11) is 0. The number of allylic oxidation sites excluding steroid dienone is 1. The molecule has 0 bridgehead atoms. The highest BCUT2D eigenvalue weighted by Crippen LogP contribution is 2.16. The monoisotopic (exact) mass is 622 g/mol. The van der Waals surface area contributed by atoms with Gasteiger partial charge in [-0.2, -0.15) is 0 Å². The number of hydrogen-bond donors (Lipinski definition) is 3. The Kier molecular flexibility index (Phi) is 35.9. The SMILES string of the molecule is CCCCCCCCCCCCCCCCCCCCCCCCCCCCCCCC/C=C/C(O)C(CO)NC(=O)CC. The summed E-state index contributed by atoms with van der Waals surface area (Å²) in [6, 6.07) is -0.614. The molecule has 3 N–H and O–H groups in total. The molecule has 0 spiro atoms. The Hall–Kier alpha value is -0.870. The van der Waals surface area contributed by atoms with Crippen LogP contribution in [0.1, 0.15) is 219 Å². The Labute approximate surface area is 276 Å². The molecule has 0 aromatic rings. The van der Waals surface area contributed by atoms with Gasteiger partial charge in [-0.1, -0.05) is 212 Å². The molecular formula is C40H79NO3. The van der Waals surface area contributed by atoms with Crippen molar-refractivity contribution in [2.75, 3.05) is 6.61 Å².